The number of thiazole rings is 1. The highest BCUT2D eigenvalue weighted by atomic mass is 35.5. The maximum atomic E-state index is 13.6. The Balaban J connectivity index is 2.11. The molecule has 0 spiro atoms. The van der Waals surface area contributed by atoms with Gasteiger partial charge in [-0.1, -0.05) is 29.0 Å². The Morgan fingerprint density at radius 1 is 1.43 bits per heavy atom. The fraction of sp³-hybridized carbons (Fsp3) is 0.133. The Kier molecular flexibility index (Phi) is 5.46. The summed E-state index contributed by atoms with van der Waals surface area (Å²) < 4.78 is 18.2. The summed E-state index contributed by atoms with van der Waals surface area (Å²) in [7, 11) is 1.26. The van der Waals surface area contributed by atoms with E-state index in [-0.39, 0.29) is 15.7 Å². The molecule has 120 valence electrons. The normalized spacial score (nSPS) is 10.8. The number of nitrogens with one attached hydrogen (secondary N) is 1. The van der Waals surface area contributed by atoms with Crippen molar-refractivity contribution in [3.63, 3.8) is 0 Å². The van der Waals surface area contributed by atoms with Gasteiger partial charge in [-0.05, 0) is 25.1 Å². The number of benzene rings is 1. The molecule has 1 aromatic heterocycles. The van der Waals surface area contributed by atoms with E-state index in [9.17, 15) is 14.0 Å². The van der Waals surface area contributed by atoms with E-state index in [1.54, 1.807) is 6.92 Å². The third-order valence-corrected chi connectivity index (χ3v) is 4.18. The number of carbonyl (C=O) groups is 2. The van der Waals surface area contributed by atoms with Crippen LogP contribution in [-0.2, 0) is 9.53 Å². The van der Waals surface area contributed by atoms with Crippen LogP contribution in [0.15, 0.2) is 24.3 Å². The Morgan fingerprint density at radius 2 is 2.17 bits per heavy atom. The van der Waals surface area contributed by atoms with Crippen molar-refractivity contribution in [1.82, 2.24) is 4.98 Å². The number of methoxy groups -OCH3 is 1. The quantitative estimate of drug-likeness (QED) is 0.671. The summed E-state index contributed by atoms with van der Waals surface area (Å²) in [5.41, 5.74) is 0.577. The van der Waals surface area contributed by atoms with Gasteiger partial charge >= 0.3 is 5.97 Å². The highest BCUT2D eigenvalue weighted by molar-refractivity contribution is 7.17. The van der Waals surface area contributed by atoms with Crippen LogP contribution in [0, 0.1) is 12.7 Å². The molecule has 23 heavy (non-hydrogen) atoms. The van der Waals surface area contributed by atoms with E-state index in [4.69, 9.17) is 11.6 Å². The second-order valence-electron chi connectivity index (χ2n) is 4.38. The van der Waals surface area contributed by atoms with Gasteiger partial charge in [-0.25, -0.2) is 14.2 Å². The molecule has 0 saturated carbocycles. The van der Waals surface area contributed by atoms with Crippen molar-refractivity contribution in [2.45, 2.75) is 6.92 Å². The van der Waals surface area contributed by atoms with Crippen molar-refractivity contribution in [3.05, 3.63) is 51.2 Å². The Bertz CT molecular complexity index is 769. The van der Waals surface area contributed by atoms with Crippen molar-refractivity contribution in [3.8, 4) is 0 Å². The highest BCUT2D eigenvalue weighted by Gasteiger charge is 2.16. The second-order valence-corrected chi connectivity index (χ2v) is 5.79. The molecule has 0 radical (unpaired) electrons. The molecule has 1 heterocycles. The van der Waals surface area contributed by atoms with E-state index in [1.165, 1.54) is 31.4 Å². The van der Waals surface area contributed by atoms with E-state index >= 15 is 0 Å². The first kappa shape index (κ1) is 17.1. The predicted octanol–water partition coefficient (Wildman–Crippen LogP) is 3.68. The number of aryl methyl sites for hydroxylation is 1. The summed E-state index contributed by atoms with van der Waals surface area (Å²) in [6, 6.07) is 4.24. The first-order chi connectivity index (χ1) is 10.9. The van der Waals surface area contributed by atoms with Gasteiger partial charge in [0.1, 0.15) is 10.7 Å². The smallest absolute Gasteiger partial charge is 0.350 e. The largest absolute Gasteiger partial charge is 0.465 e. The van der Waals surface area contributed by atoms with Crippen molar-refractivity contribution < 1.29 is 18.7 Å². The monoisotopic (exact) mass is 354 g/mol. The zero-order valence-electron chi connectivity index (χ0n) is 12.2. The average molecular weight is 355 g/mol. The van der Waals surface area contributed by atoms with Crippen LogP contribution >= 0.6 is 22.9 Å². The van der Waals surface area contributed by atoms with Crippen molar-refractivity contribution in [2.75, 3.05) is 12.4 Å². The van der Waals surface area contributed by atoms with E-state index in [0.717, 1.165) is 17.4 Å². The van der Waals surface area contributed by atoms with Gasteiger partial charge in [-0.2, -0.15) is 0 Å². The van der Waals surface area contributed by atoms with Crippen molar-refractivity contribution in [1.29, 1.82) is 0 Å². The van der Waals surface area contributed by atoms with Crippen LogP contribution in [0.4, 0.5) is 9.52 Å². The summed E-state index contributed by atoms with van der Waals surface area (Å²) >= 11 is 6.86. The molecule has 0 bridgehead atoms. The second kappa shape index (κ2) is 7.34. The van der Waals surface area contributed by atoms with E-state index < -0.39 is 17.7 Å². The molecular weight excluding hydrogens is 343 g/mol. The predicted molar refractivity (Wildman–Crippen MR) is 87.3 cm³/mol. The molecule has 1 aromatic carbocycles. The molecule has 0 fully saturated rings. The summed E-state index contributed by atoms with van der Waals surface area (Å²) in [6.45, 7) is 1.63. The molecule has 5 nitrogen and oxygen atoms in total. The first-order valence-electron chi connectivity index (χ1n) is 6.41. The summed E-state index contributed by atoms with van der Waals surface area (Å²) in [5.74, 6) is -1.57. The van der Waals surface area contributed by atoms with E-state index in [2.05, 4.69) is 15.0 Å². The lowest BCUT2D eigenvalue weighted by molar-refractivity contribution is -0.111. The van der Waals surface area contributed by atoms with Gasteiger partial charge in [0, 0.05) is 11.6 Å². The number of amides is 1. The number of rotatable bonds is 4. The van der Waals surface area contributed by atoms with Crippen molar-refractivity contribution >= 4 is 46.0 Å². The summed E-state index contributed by atoms with van der Waals surface area (Å²) in [5, 5.41) is 2.95. The fourth-order valence-corrected chi connectivity index (χ4v) is 2.82. The molecule has 1 N–H and O–H groups in total. The standard InChI is InChI=1S/C15H12ClFN2O3S/c1-8-13(14(21)22-2)23-15(18-8)19-12(20)7-6-9-10(16)4-3-5-11(9)17/h3-7H,1-2H3,(H,18,19,20)/b7-6+. The van der Waals surface area contributed by atoms with Crippen LogP contribution < -0.4 is 5.32 Å². The summed E-state index contributed by atoms with van der Waals surface area (Å²) in [6.07, 6.45) is 2.41. The number of ether oxygens (including phenoxy) is 1. The zero-order valence-corrected chi connectivity index (χ0v) is 13.8. The maximum absolute atomic E-state index is 13.6. The van der Waals surface area contributed by atoms with Crippen LogP contribution in [0.3, 0.4) is 0 Å². The van der Waals surface area contributed by atoms with Crippen LogP contribution in [0.2, 0.25) is 5.02 Å². The fourth-order valence-electron chi connectivity index (χ4n) is 1.71. The molecule has 8 heteroatoms. The third-order valence-electron chi connectivity index (χ3n) is 2.80. The topological polar surface area (TPSA) is 68.3 Å². The molecule has 1 amide bonds. The highest BCUT2D eigenvalue weighted by Crippen LogP contribution is 2.24. The maximum Gasteiger partial charge on any atom is 0.350 e. The molecular formula is C15H12ClFN2O3S. The van der Waals surface area contributed by atoms with E-state index in [1.807, 2.05) is 0 Å². The third kappa shape index (κ3) is 4.14. The average Bonchev–Trinajstić information content (AvgIpc) is 2.86. The van der Waals surface area contributed by atoms with Crippen molar-refractivity contribution in [2.24, 2.45) is 0 Å². The Morgan fingerprint density at radius 3 is 2.83 bits per heavy atom. The molecule has 0 aliphatic carbocycles. The number of carbonyl (C=O) groups excluding carboxylic acids is 2. The molecule has 0 unspecified atom stereocenters. The minimum absolute atomic E-state index is 0.120. The lowest BCUT2D eigenvalue weighted by Gasteiger charge is -2.00. The first-order valence-corrected chi connectivity index (χ1v) is 7.60. The van der Waals surface area contributed by atoms with E-state index in [0.29, 0.717) is 10.6 Å². The number of aromatic nitrogens is 1. The lowest BCUT2D eigenvalue weighted by Crippen LogP contribution is -2.07. The molecule has 2 aromatic rings. The van der Waals surface area contributed by atoms with Gasteiger partial charge in [0.2, 0.25) is 5.91 Å². The van der Waals surface area contributed by atoms with Crippen LogP contribution in [0.25, 0.3) is 6.08 Å². The molecule has 0 aliphatic rings. The molecule has 0 aliphatic heterocycles. The number of anilines is 1. The molecule has 0 atom stereocenters. The van der Waals surface area contributed by atoms with Gasteiger partial charge in [0.15, 0.2) is 5.13 Å². The number of hydrogen-bond donors (Lipinski definition) is 1. The van der Waals surface area contributed by atoms with Crippen LogP contribution in [-0.4, -0.2) is 24.0 Å². The Labute approximate surface area is 140 Å². The van der Waals surface area contributed by atoms with Crippen LogP contribution in [0.5, 0.6) is 0 Å². The van der Waals surface area contributed by atoms with Gasteiger partial charge in [-0.3, -0.25) is 10.1 Å². The SMILES string of the molecule is COC(=O)c1sc(NC(=O)/C=C/c2c(F)cccc2Cl)nc1C. The van der Waals surface area contributed by atoms with Crippen LogP contribution in [0.1, 0.15) is 20.9 Å². The van der Waals surface area contributed by atoms with Gasteiger partial charge < -0.3 is 4.74 Å². The zero-order chi connectivity index (χ0) is 17.0. The number of esters is 1. The number of hydrogen-bond acceptors (Lipinski definition) is 5. The van der Waals surface area contributed by atoms with Gasteiger partial charge in [0.25, 0.3) is 0 Å². The number of nitrogens with zero attached hydrogens (tertiary/aromatic N) is 1. The minimum atomic E-state index is -0.528. The number of halogens is 2. The van der Waals surface area contributed by atoms with Gasteiger partial charge in [0.05, 0.1) is 17.8 Å². The lowest BCUT2D eigenvalue weighted by atomic mass is 10.2. The minimum Gasteiger partial charge on any atom is -0.465 e. The summed E-state index contributed by atoms with van der Waals surface area (Å²) in [4.78, 5) is 27.7. The molecule has 2 rings (SSSR count). The molecule has 0 saturated heterocycles. The van der Waals surface area contributed by atoms with Gasteiger partial charge in [-0.15, -0.1) is 0 Å². The Hall–Kier alpha value is -2.25.